The predicted octanol–water partition coefficient (Wildman–Crippen LogP) is 2.38. The number of hydrogen-bond donors (Lipinski definition) is 2. The number of carbonyl (C=O) groups excluding carboxylic acids is 1. The second kappa shape index (κ2) is 6.57. The molecule has 6 nitrogen and oxygen atoms in total. The van der Waals surface area contributed by atoms with Gasteiger partial charge in [0.05, 0.1) is 5.60 Å². The highest BCUT2D eigenvalue weighted by atomic mass is 16.3. The maximum atomic E-state index is 12.7. The fraction of sp³-hybridized carbons (Fsp3) is 0.857. The highest BCUT2D eigenvalue weighted by Gasteiger charge is 2.57. The van der Waals surface area contributed by atoms with E-state index in [-0.39, 0.29) is 11.3 Å². The molecule has 1 aromatic heterocycles. The van der Waals surface area contributed by atoms with Gasteiger partial charge >= 0.3 is 0 Å². The minimum absolute atomic E-state index is 0.0505. The number of hydrogen-bond acceptors (Lipinski definition) is 4. The van der Waals surface area contributed by atoms with E-state index in [0.29, 0.717) is 24.8 Å². The molecule has 4 fully saturated rings. The van der Waals surface area contributed by atoms with E-state index in [1.807, 2.05) is 0 Å². The lowest BCUT2D eigenvalue weighted by atomic mass is 9.47. The molecule has 4 aliphatic carbocycles. The number of aromatic nitrogens is 3. The van der Waals surface area contributed by atoms with Crippen molar-refractivity contribution in [3.8, 4) is 0 Å². The smallest absolute Gasteiger partial charge is 0.220 e. The fourth-order valence-corrected chi connectivity index (χ4v) is 7.06. The molecule has 2 N–H and O–H groups in total. The zero-order valence-electron chi connectivity index (χ0n) is 16.3. The van der Waals surface area contributed by atoms with E-state index in [9.17, 15) is 9.90 Å². The van der Waals surface area contributed by atoms with Crippen LogP contribution in [0.2, 0.25) is 0 Å². The first-order valence-electron chi connectivity index (χ1n) is 10.9. The molecule has 0 saturated heterocycles. The van der Waals surface area contributed by atoms with E-state index in [2.05, 4.69) is 20.1 Å². The van der Waals surface area contributed by atoms with Crippen LogP contribution in [-0.2, 0) is 24.2 Å². The van der Waals surface area contributed by atoms with Gasteiger partial charge in [-0.25, -0.2) is 0 Å². The van der Waals surface area contributed by atoms with Gasteiger partial charge in [-0.1, -0.05) is 6.42 Å². The first kappa shape index (κ1) is 17.7. The van der Waals surface area contributed by atoms with E-state index < -0.39 is 5.60 Å². The average molecular weight is 373 g/mol. The summed E-state index contributed by atoms with van der Waals surface area (Å²) in [6.07, 6.45) is 12.3. The SMILES string of the molecule is O=C(CC12C[C@H]3C[C@@H](CC(O)(C3)C1)C2)NCCc1nnc2n1CCCCC2. The van der Waals surface area contributed by atoms with Crippen molar-refractivity contribution in [3.63, 3.8) is 0 Å². The van der Waals surface area contributed by atoms with Gasteiger partial charge in [0.2, 0.25) is 5.91 Å². The van der Waals surface area contributed by atoms with Crippen LogP contribution < -0.4 is 5.32 Å². The van der Waals surface area contributed by atoms with E-state index in [4.69, 9.17) is 0 Å². The number of aryl methyl sites for hydroxylation is 1. The second-order valence-electron chi connectivity index (χ2n) is 9.96. The van der Waals surface area contributed by atoms with Crippen LogP contribution >= 0.6 is 0 Å². The summed E-state index contributed by atoms with van der Waals surface area (Å²) in [5.74, 6) is 3.54. The van der Waals surface area contributed by atoms with Crippen LogP contribution in [-0.4, -0.2) is 37.9 Å². The number of fused-ring (bicyclic) bond motifs is 1. The molecule has 0 spiro atoms. The standard InChI is InChI=1S/C21H32N4O2/c26-19(13-20-9-15-8-16(10-20)12-21(27,11-15)14-20)22-6-5-18-24-23-17-4-2-1-3-7-25(17)18/h15-16,27H,1-14H2,(H,22,26)/t15-,16-,20?,21?/m1/s1. The third-order valence-corrected chi connectivity index (χ3v) is 7.54. The van der Waals surface area contributed by atoms with Crippen molar-refractivity contribution in [2.75, 3.05) is 6.54 Å². The van der Waals surface area contributed by atoms with Crippen LogP contribution in [0.15, 0.2) is 0 Å². The number of carbonyl (C=O) groups is 1. The van der Waals surface area contributed by atoms with Gasteiger partial charge in [-0.05, 0) is 68.6 Å². The van der Waals surface area contributed by atoms with Gasteiger partial charge in [-0.15, -0.1) is 10.2 Å². The summed E-state index contributed by atoms with van der Waals surface area (Å²) in [4.78, 5) is 12.7. The Labute approximate surface area is 161 Å². The van der Waals surface area contributed by atoms with Crippen molar-refractivity contribution in [3.05, 3.63) is 11.6 Å². The molecule has 6 rings (SSSR count). The molecule has 4 bridgehead atoms. The summed E-state index contributed by atoms with van der Waals surface area (Å²) in [5.41, 5.74) is -0.432. The normalized spacial score (nSPS) is 37.1. The monoisotopic (exact) mass is 372 g/mol. The molecule has 4 saturated carbocycles. The Morgan fingerprint density at radius 3 is 2.74 bits per heavy atom. The first-order valence-corrected chi connectivity index (χ1v) is 10.9. The molecule has 0 unspecified atom stereocenters. The van der Waals surface area contributed by atoms with Gasteiger partial charge in [-0.3, -0.25) is 4.79 Å². The summed E-state index contributed by atoms with van der Waals surface area (Å²) in [6.45, 7) is 1.64. The van der Waals surface area contributed by atoms with Gasteiger partial charge in [-0.2, -0.15) is 0 Å². The Morgan fingerprint density at radius 1 is 1.15 bits per heavy atom. The van der Waals surface area contributed by atoms with E-state index in [0.717, 1.165) is 63.1 Å². The Balaban J connectivity index is 1.16. The zero-order chi connectivity index (χ0) is 18.5. The summed E-state index contributed by atoms with van der Waals surface area (Å²) < 4.78 is 2.26. The third kappa shape index (κ3) is 3.41. The topological polar surface area (TPSA) is 80.0 Å². The Bertz CT molecular complexity index is 714. The van der Waals surface area contributed by atoms with Gasteiger partial charge in [0.25, 0.3) is 0 Å². The molecule has 1 aliphatic heterocycles. The van der Waals surface area contributed by atoms with Crippen LogP contribution in [0.3, 0.4) is 0 Å². The fourth-order valence-electron chi connectivity index (χ4n) is 7.06. The number of aliphatic hydroxyl groups is 1. The number of nitrogens with one attached hydrogen (secondary N) is 1. The Hall–Kier alpha value is -1.43. The lowest BCUT2D eigenvalue weighted by molar-refractivity contribution is -0.169. The van der Waals surface area contributed by atoms with Crippen molar-refractivity contribution < 1.29 is 9.90 Å². The van der Waals surface area contributed by atoms with Crippen LogP contribution in [0.5, 0.6) is 0 Å². The molecule has 6 heteroatoms. The minimum Gasteiger partial charge on any atom is -0.390 e. The highest BCUT2D eigenvalue weighted by molar-refractivity contribution is 5.76. The van der Waals surface area contributed by atoms with Crippen molar-refractivity contribution in [2.24, 2.45) is 17.3 Å². The van der Waals surface area contributed by atoms with Crippen LogP contribution in [0.4, 0.5) is 0 Å². The van der Waals surface area contributed by atoms with Crippen molar-refractivity contribution >= 4 is 5.91 Å². The molecule has 2 atom stereocenters. The number of nitrogens with zero attached hydrogens (tertiary/aromatic N) is 3. The molecular formula is C21H32N4O2. The Morgan fingerprint density at radius 2 is 1.96 bits per heavy atom. The van der Waals surface area contributed by atoms with Crippen LogP contribution in [0.25, 0.3) is 0 Å². The summed E-state index contributed by atoms with van der Waals surface area (Å²) >= 11 is 0. The van der Waals surface area contributed by atoms with Gasteiger partial charge in [0.15, 0.2) is 0 Å². The molecule has 27 heavy (non-hydrogen) atoms. The molecule has 0 radical (unpaired) electrons. The van der Waals surface area contributed by atoms with Crippen molar-refractivity contribution in [2.45, 2.75) is 89.2 Å². The molecule has 1 aromatic rings. The molecule has 2 heterocycles. The van der Waals surface area contributed by atoms with Gasteiger partial charge in [0.1, 0.15) is 11.6 Å². The highest BCUT2D eigenvalue weighted by Crippen LogP contribution is 2.62. The summed E-state index contributed by atoms with van der Waals surface area (Å²) in [5, 5.41) is 22.7. The maximum Gasteiger partial charge on any atom is 0.220 e. The van der Waals surface area contributed by atoms with Crippen LogP contribution in [0, 0.1) is 17.3 Å². The third-order valence-electron chi connectivity index (χ3n) is 7.54. The summed E-state index contributed by atoms with van der Waals surface area (Å²) in [7, 11) is 0. The van der Waals surface area contributed by atoms with E-state index in [1.165, 1.54) is 25.7 Å². The summed E-state index contributed by atoms with van der Waals surface area (Å²) in [6, 6.07) is 0. The van der Waals surface area contributed by atoms with Gasteiger partial charge in [0, 0.05) is 32.4 Å². The molecule has 5 aliphatic rings. The largest absolute Gasteiger partial charge is 0.390 e. The second-order valence-corrected chi connectivity index (χ2v) is 9.96. The van der Waals surface area contributed by atoms with Crippen molar-refractivity contribution in [1.82, 2.24) is 20.1 Å². The van der Waals surface area contributed by atoms with Crippen molar-refractivity contribution in [1.29, 1.82) is 0 Å². The first-order chi connectivity index (χ1) is 13.0. The predicted molar refractivity (Wildman–Crippen MR) is 101 cm³/mol. The number of amides is 1. The maximum absolute atomic E-state index is 12.7. The molecular weight excluding hydrogens is 340 g/mol. The van der Waals surface area contributed by atoms with Crippen LogP contribution in [0.1, 0.15) is 75.9 Å². The van der Waals surface area contributed by atoms with E-state index >= 15 is 0 Å². The zero-order valence-corrected chi connectivity index (χ0v) is 16.3. The molecule has 0 aromatic carbocycles. The lowest BCUT2D eigenvalue weighted by Crippen LogP contribution is -2.56. The van der Waals surface area contributed by atoms with Gasteiger partial charge < -0.3 is 15.0 Å². The molecule has 148 valence electrons. The quantitative estimate of drug-likeness (QED) is 0.832. The minimum atomic E-state index is -0.483. The lowest BCUT2D eigenvalue weighted by Gasteiger charge is -2.60. The Kier molecular flexibility index (Phi) is 4.30. The van der Waals surface area contributed by atoms with E-state index in [1.54, 1.807) is 0 Å². The number of rotatable bonds is 5. The molecule has 1 amide bonds. The average Bonchev–Trinajstić information content (AvgIpc) is 2.80.